The van der Waals surface area contributed by atoms with Gasteiger partial charge in [0.15, 0.2) is 0 Å². The number of thiazole rings is 1. The first-order valence-corrected chi connectivity index (χ1v) is 8.03. The van der Waals surface area contributed by atoms with E-state index in [-0.39, 0.29) is 0 Å². The maximum Gasteiger partial charge on any atom is 0.0797 e. The number of aromatic nitrogens is 1. The summed E-state index contributed by atoms with van der Waals surface area (Å²) in [5, 5.41) is 0. The van der Waals surface area contributed by atoms with Crippen LogP contribution in [0.15, 0.2) is 35.8 Å². The lowest BCUT2D eigenvalue weighted by molar-refractivity contribution is 0.267. The van der Waals surface area contributed by atoms with Gasteiger partial charge in [-0.1, -0.05) is 30.3 Å². The predicted molar refractivity (Wildman–Crippen MR) is 85.9 cm³/mol. The number of rotatable bonds is 8. The Labute approximate surface area is 125 Å². The molecule has 0 aliphatic rings. The lowest BCUT2D eigenvalue weighted by atomic mass is 10.2. The van der Waals surface area contributed by atoms with Gasteiger partial charge in [0, 0.05) is 18.0 Å². The summed E-state index contributed by atoms with van der Waals surface area (Å²) in [6.07, 6.45) is 2.13. The van der Waals surface area contributed by atoms with Crippen molar-refractivity contribution in [3.05, 3.63) is 52.0 Å². The van der Waals surface area contributed by atoms with Crippen molar-refractivity contribution in [1.82, 2.24) is 9.88 Å². The Morgan fingerprint density at radius 3 is 2.65 bits per heavy atom. The molecule has 0 radical (unpaired) electrons. The highest BCUT2D eigenvalue weighted by atomic mass is 32.1. The minimum Gasteiger partial charge on any atom is -0.330 e. The van der Waals surface area contributed by atoms with Crippen molar-refractivity contribution in [2.75, 3.05) is 19.6 Å². The molecule has 0 unspecified atom stereocenters. The molecule has 2 aromatic rings. The molecule has 0 saturated heterocycles. The maximum absolute atomic E-state index is 5.65. The summed E-state index contributed by atoms with van der Waals surface area (Å²) >= 11 is 1.76. The molecule has 0 fully saturated rings. The molecule has 0 spiro atoms. The Hall–Kier alpha value is -1.23. The standard InChI is InChI=1S/C16H23N3S/c1-14-16(20-13-18-14)8-11-19(10-5-9-17)12-15-6-3-2-4-7-15/h2-4,6-7,13H,5,8-12,17H2,1H3. The largest absolute Gasteiger partial charge is 0.330 e. The Morgan fingerprint density at radius 1 is 1.20 bits per heavy atom. The topological polar surface area (TPSA) is 42.2 Å². The van der Waals surface area contributed by atoms with Crippen molar-refractivity contribution < 1.29 is 0 Å². The minimum absolute atomic E-state index is 0.755. The van der Waals surface area contributed by atoms with Gasteiger partial charge in [-0.05, 0) is 38.4 Å². The third kappa shape index (κ3) is 4.71. The van der Waals surface area contributed by atoms with E-state index in [4.69, 9.17) is 5.73 Å². The number of nitrogens with zero attached hydrogens (tertiary/aromatic N) is 2. The number of aryl methyl sites for hydroxylation is 1. The molecule has 3 nitrogen and oxygen atoms in total. The molecule has 1 heterocycles. The van der Waals surface area contributed by atoms with E-state index >= 15 is 0 Å². The van der Waals surface area contributed by atoms with Crippen LogP contribution in [0.2, 0.25) is 0 Å². The van der Waals surface area contributed by atoms with Gasteiger partial charge < -0.3 is 5.73 Å². The van der Waals surface area contributed by atoms with Crippen molar-refractivity contribution in [1.29, 1.82) is 0 Å². The van der Waals surface area contributed by atoms with Crippen molar-refractivity contribution in [2.45, 2.75) is 26.3 Å². The molecule has 0 aliphatic heterocycles. The second-order valence-corrected chi connectivity index (χ2v) is 5.95. The van der Waals surface area contributed by atoms with Crippen molar-refractivity contribution >= 4 is 11.3 Å². The van der Waals surface area contributed by atoms with Crippen LogP contribution in [0.3, 0.4) is 0 Å². The maximum atomic E-state index is 5.65. The molecule has 1 aromatic heterocycles. The second kappa shape index (κ2) is 8.15. The van der Waals surface area contributed by atoms with Crippen LogP contribution >= 0.6 is 11.3 Å². The van der Waals surface area contributed by atoms with Gasteiger partial charge in [0.05, 0.1) is 11.2 Å². The molecule has 2 N–H and O–H groups in total. The molecule has 0 amide bonds. The number of nitrogens with two attached hydrogens (primary N) is 1. The van der Waals surface area contributed by atoms with Crippen LogP contribution < -0.4 is 5.73 Å². The molecule has 2 rings (SSSR count). The first-order chi connectivity index (χ1) is 9.79. The van der Waals surface area contributed by atoms with E-state index in [1.165, 1.54) is 16.1 Å². The molecular formula is C16H23N3S. The van der Waals surface area contributed by atoms with Gasteiger partial charge in [0.2, 0.25) is 0 Å². The quantitative estimate of drug-likeness (QED) is 0.812. The molecule has 0 aliphatic carbocycles. The SMILES string of the molecule is Cc1ncsc1CCN(CCCN)Cc1ccccc1. The number of hydrogen-bond acceptors (Lipinski definition) is 4. The van der Waals surface area contributed by atoms with E-state index in [9.17, 15) is 0 Å². The lowest BCUT2D eigenvalue weighted by Crippen LogP contribution is -2.28. The van der Waals surface area contributed by atoms with Crippen LogP contribution in [0.1, 0.15) is 22.6 Å². The first kappa shape index (κ1) is 15.2. The fraction of sp³-hybridized carbons (Fsp3) is 0.438. The third-order valence-electron chi connectivity index (χ3n) is 3.43. The molecule has 0 atom stereocenters. The zero-order chi connectivity index (χ0) is 14.2. The van der Waals surface area contributed by atoms with E-state index < -0.39 is 0 Å². The monoisotopic (exact) mass is 289 g/mol. The summed E-state index contributed by atoms with van der Waals surface area (Å²) in [5.41, 5.74) is 10.1. The molecule has 108 valence electrons. The van der Waals surface area contributed by atoms with Gasteiger partial charge in [0.25, 0.3) is 0 Å². The first-order valence-electron chi connectivity index (χ1n) is 7.15. The predicted octanol–water partition coefficient (Wildman–Crippen LogP) is 2.85. The lowest BCUT2D eigenvalue weighted by Gasteiger charge is -2.22. The van der Waals surface area contributed by atoms with Gasteiger partial charge in [-0.3, -0.25) is 4.90 Å². The average Bonchev–Trinajstić information content (AvgIpc) is 2.88. The highest BCUT2D eigenvalue weighted by Gasteiger charge is 2.08. The van der Waals surface area contributed by atoms with Crippen LogP contribution in [0.25, 0.3) is 0 Å². The van der Waals surface area contributed by atoms with Crippen LogP contribution in [0.4, 0.5) is 0 Å². The summed E-state index contributed by atoms with van der Waals surface area (Å²) in [7, 11) is 0. The van der Waals surface area contributed by atoms with E-state index in [1.54, 1.807) is 11.3 Å². The number of benzene rings is 1. The van der Waals surface area contributed by atoms with Crippen molar-refractivity contribution in [3.8, 4) is 0 Å². The van der Waals surface area contributed by atoms with E-state index in [2.05, 4.69) is 47.1 Å². The van der Waals surface area contributed by atoms with Gasteiger partial charge in [0.1, 0.15) is 0 Å². The van der Waals surface area contributed by atoms with Gasteiger partial charge in [-0.15, -0.1) is 11.3 Å². The van der Waals surface area contributed by atoms with Gasteiger partial charge in [-0.2, -0.15) is 0 Å². The Kier molecular flexibility index (Phi) is 6.18. The highest BCUT2D eigenvalue weighted by molar-refractivity contribution is 7.09. The number of hydrogen-bond donors (Lipinski definition) is 1. The Morgan fingerprint density at radius 2 is 2.00 bits per heavy atom. The highest BCUT2D eigenvalue weighted by Crippen LogP contribution is 2.14. The van der Waals surface area contributed by atoms with Crippen LogP contribution in [-0.2, 0) is 13.0 Å². The molecule has 20 heavy (non-hydrogen) atoms. The van der Waals surface area contributed by atoms with Gasteiger partial charge >= 0.3 is 0 Å². The normalized spacial score (nSPS) is 11.2. The van der Waals surface area contributed by atoms with E-state index in [0.717, 1.165) is 39.0 Å². The molecule has 0 saturated carbocycles. The van der Waals surface area contributed by atoms with E-state index in [0.29, 0.717) is 0 Å². The van der Waals surface area contributed by atoms with Crippen LogP contribution in [-0.4, -0.2) is 29.5 Å². The average molecular weight is 289 g/mol. The van der Waals surface area contributed by atoms with Crippen LogP contribution in [0, 0.1) is 6.92 Å². The summed E-state index contributed by atoms with van der Waals surface area (Å²) in [6.45, 7) is 5.97. The smallest absolute Gasteiger partial charge is 0.0797 e. The molecule has 0 bridgehead atoms. The summed E-state index contributed by atoms with van der Waals surface area (Å²) < 4.78 is 0. The summed E-state index contributed by atoms with van der Waals surface area (Å²) in [6, 6.07) is 10.6. The minimum atomic E-state index is 0.755. The Bertz CT molecular complexity index is 495. The van der Waals surface area contributed by atoms with Gasteiger partial charge in [-0.25, -0.2) is 4.98 Å². The zero-order valence-electron chi connectivity index (χ0n) is 12.1. The molecule has 1 aromatic carbocycles. The zero-order valence-corrected chi connectivity index (χ0v) is 12.9. The van der Waals surface area contributed by atoms with E-state index in [1.807, 2.05) is 5.51 Å². The molecule has 4 heteroatoms. The molecular weight excluding hydrogens is 266 g/mol. The Balaban J connectivity index is 1.91. The van der Waals surface area contributed by atoms with Crippen molar-refractivity contribution in [3.63, 3.8) is 0 Å². The fourth-order valence-corrected chi connectivity index (χ4v) is 3.02. The summed E-state index contributed by atoms with van der Waals surface area (Å²) in [4.78, 5) is 8.21. The summed E-state index contributed by atoms with van der Waals surface area (Å²) in [5.74, 6) is 0. The van der Waals surface area contributed by atoms with Crippen LogP contribution in [0.5, 0.6) is 0 Å². The third-order valence-corrected chi connectivity index (χ3v) is 4.42. The fourth-order valence-electron chi connectivity index (χ4n) is 2.25. The second-order valence-electron chi connectivity index (χ2n) is 5.01. The van der Waals surface area contributed by atoms with Crippen molar-refractivity contribution in [2.24, 2.45) is 5.73 Å².